The highest BCUT2D eigenvalue weighted by molar-refractivity contribution is 6.39. The minimum Gasteiger partial charge on any atom is -0.354 e. The molecule has 0 spiro atoms. The average molecular weight is 449 g/mol. The lowest BCUT2D eigenvalue weighted by Crippen LogP contribution is -2.11. The fourth-order valence-electron chi connectivity index (χ4n) is 3.65. The molecule has 0 aromatic heterocycles. The molecule has 0 bridgehead atoms. The molecule has 2 N–H and O–H groups in total. The zero-order valence-electron chi connectivity index (χ0n) is 17.6. The summed E-state index contributed by atoms with van der Waals surface area (Å²) in [5.74, 6) is -0.354. The van der Waals surface area contributed by atoms with Gasteiger partial charge in [0.15, 0.2) is 0 Å². The summed E-state index contributed by atoms with van der Waals surface area (Å²) in [5, 5.41) is 17.5. The highest BCUT2D eigenvalue weighted by Crippen LogP contribution is 2.42. The third-order valence-electron chi connectivity index (χ3n) is 5.06. The molecular formula is C24H21ClN4O3. The van der Waals surface area contributed by atoms with Crippen LogP contribution < -0.4 is 10.6 Å². The van der Waals surface area contributed by atoms with Gasteiger partial charge in [-0.3, -0.25) is 14.9 Å². The number of carbonyl (C=O) groups excluding carboxylic acids is 1. The van der Waals surface area contributed by atoms with E-state index in [1.54, 1.807) is 0 Å². The van der Waals surface area contributed by atoms with Crippen molar-refractivity contribution >= 4 is 45.8 Å². The van der Waals surface area contributed by atoms with Gasteiger partial charge in [0.25, 0.3) is 11.6 Å². The number of anilines is 2. The summed E-state index contributed by atoms with van der Waals surface area (Å²) in [5.41, 5.74) is 4.23. The molecule has 1 heterocycles. The van der Waals surface area contributed by atoms with Gasteiger partial charge >= 0.3 is 0 Å². The minimum absolute atomic E-state index is 0.0269. The van der Waals surface area contributed by atoms with Gasteiger partial charge in [-0.2, -0.15) is 0 Å². The van der Waals surface area contributed by atoms with Gasteiger partial charge in [-0.1, -0.05) is 54.1 Å². The van der Waals surface area contributed by atoms with Crippen LogP contribution in [0, 0.1) is 10.1 Å². The normalized spacial score (nSPS) is 14.2. The molecular weight excluding hydrogens is 428 g/mol. The molecule has 0 aliphatic carbocycles. The molecule has 8 heteroatoms. The van der Waals surface area contributed by atoms with Crippen molar-refractivity contribution in [3.63, 3.8) is 0 Å². The summed E-state index contributed by atoms with van der Waals surface area (Å²) < 4.78 is 0. The van der Waals surface area contributed by atoms with Gasteiger partial charge < -0.3 is 15.5 Å². The lowest BCUT2D eigenvalue weighted by atomic mass is 9.99. The first-order valence-electron chi connectivity index (χ1n) is 9.93. The number of hydrogen-bond donors (Lipinski definition) is 2. The Hall–Kier alpha value is -3.68. The van der Waals surface area contributed by atoms with Gasteiger partial charge in [0.2, 0.25) is 0 Å². The number of fused-ring (bicyclic) bond motifs is 1. The highest BCUT2D eigenvalue weighted by Gasteiger charge is 2.31. The van der Waals surface area contributed by atoms with E-state index in [0.717, 1.165) is 23.4 Å². The number of rotatable bonds is 6. The Balaban J connectivity index is 1.84. The van der Waals surface area contributed by atoms with Crippen molar-refractivity contribution in [1.82, 2.24) is 4.90 Å². The summed E-state index contributed by atoms with van der Waals surface area (Å²) >= 11 is 6.05. The fourth-order valence-corrected chi connectivity index (χ4v) is 3.89. The Morgan fingerprint density at radius 1 is 1.09 bits per heavy atom. The van der Waals surface area contributed by atoms with Crippen LogP contribution in [0.4, 0.5) is 17.1 Å². The van der Waals surface area contributed by atoms with E-state index in [1.807, 2.05) is 68.7 Å². The zero-order chi connectivity index (χ0) is 22.8. The van der Waals surface area contributed by atoms with E-state index in [1.165, 1.54) is 12.1 Å². The lowest BCUT2D eigenvalue weighted by molar-refractivity contribution is -0.384. The fraction of sp³-hybridized carbons (Fsp3) is 0.125. The Morgan fingerprint density at radius 2 is 1.78 bits per heavy atom. The third kappa shape index (κ3) is 4.34. The van der Waals surface area contributed by atoms with Crippen LogP contribution in [0.2, 0.25) is 5.02 Å². The smallest absolute Gasteiger partial charge is 0.288 e. The van der Waals surface area contributed by atoms with E-state index in [-0.39, 0.29) is 16.6 Å². The van der Waals surface area contributed by atoms with Crippen LogP contribution >= 0.6 is 11.6 Å². The summed E-state index contributed by atoms with van der Waals surface area (Å²) in [6, 6.07) is 20.1. The number of hydrogen-bond acceptors (Lipinski definition) is 5. The largest absolute Gasteiger partial charge is 0.354 e. The van der Waals surface area contributed by atoms with Gasteiger partial charge in [-0.05, 0) is 43.4 Å². The molecule has 0 unspecified atom stereocenters. The first-order chi connectivity index (χ1) is 15.3. The van der Waals surface area contributed by atoms with Crippen molar-refractivity contribution in [2.24, 2.45) is 0 Å². The molecule has 1 aliphatic rings. The average Bonchev–Trinajstić information content (AvgIpc) is 3.07. The SMILES string of the molecule is CN(C)Cc1ccc(N/C(=C2\C(=O)Nc3cc(Cl)c([N+](=O)[O-])cc32)c2ccccc2)cc1. The second kappa shape index (κ2) is 8.82. The molecule has 162 valence electrons. The van der Waals surface area contributed by atoms with Gasteiger partial charge in [0, 0.05) is 23.9 Å². The van der Waals surface area contributed by atoms with Crippen molar-refractivity contribution in [3.05, 3.63) is 98.6 Å². The predicted molar refractivity (Wildman–Crippen MR) is 127 cm³/mol. The van der Waals surface area contributed by atoms with Gasteiger partial charge in [-0.15, -0.1) is 0 Å². The van der Waals surface area contributed by atoms with Crippen LogP contribution in [-0.2, 0) is 11.3 Å². The van der Waals surface area contributed by atoms with Gasteiger partial charge in [0.1, 0.15) is 5.02 Å². The van der Waals surface area contributed by atoms with E-state index in [2.05, 4.69) is 15.5 Å². The van der Waals surface area contributed by atoms with Crippen molar-refractivity contribution in [3.8, 4) is 0 Å². The molecule has 3 aromatic carbocycles. The van der Waals surface area contributed by atoms with Gasteiger partial charge in [0.05, 0.1) is 21.9 Å². The summed E-state index contributed by atoms with van der Waals surface area (Å²) in [6.07, 6.45) is 0. The van der Waals surface area contributed by atoms with Crippen molar-refractivity contribution in [2.75, 3.05) is 24.7 Å². The molecule has 0 atom stereocenters. The number of amides is 1. The zero-order valence-corrected chi connectivity index (χ0v) is 18.3. The van der Waals surface area contributed by atoms with Crippen LogP contribution in [0.1, 0.15) is 16.7 Å². The van der Waals surface area contributed by atoms with Gasteiger partial charge in [-0.25, -0.2) is 0 Å². The summed E-state index contributed by atoms with van der Waals surface area (Å²) in [7, 11) is 4.01. The van der Waals surface area contributed by atoms with Crippen molar-refractivity contribution < 1.29 is 9.72 Å². The van der Waals surface area contributed by atoms with Crippen LogP contribution in [0.5, 0.6) is 0 Å². The predicted octanol–water partition coefficient (Wildman–Crippen LogP) is 5.24. The van der Waals surface area contributed by atoms with E-state index < -0.39 is 4.92 Å². The number of nitro benzene ring substituents is 1. The van der Waals surface area contributed by atoms with Crippen LogP contribution in [-0.4, -0.2) is 29.8 Å². The van der Waals surface area contributed by atoms with Crippen LogP contribution in [0.25, 0.3) is 11.3 Å². The second-order valence-corrected chi connectivity index (χ2v) is 8.14. The van der Waals surface area contributed by atoms with Crippen LogP contribution in [0.3, 0.4) is 0 Å². The molecule has 7 nitrogen and oxygen atoms in total. The molecule has 3 aromatic rings. The molecule has 0 radical (unpaired) electrons. The standard InChI is InChI=1S/C24H21ClN4O3/c1-28(2)14-15-8-10-17(11-9-15)26-23(16-6-4-3-5-7-16)22-18-12-21(29(31)32)19(25)13-20(18)27-24(22)30/h3-13,26H,14H2,1-2H3,(H,27,30)/b23-22-. The molecule has 1 aliphatic heterocycles. The summed E-state index contributed by atoms with van der Waals surface area (Å²) in [6.45, 7) is 0.813. The number of benzene rings is 3. The minimum atomic E-state index is -0.553. The molecule has 0 saturated carbocycles. The first kappa shape index (κ1) is 21.5. The quantitative estimate of drug-likeness (QED) is 0.306. The van der Waals surface area contributed by atoms with E-state index in [0.29, 0.717) is 22.5 Å². The maximum atomic E-state index is 13.0. The maximum absolute atomic E-state index is 13.0. The Bertz CT molecular complexity index is 1220. The molecule has 0 fully saturated rings. The topological polar surface area (TPSA) is 87.5 Å². The van der Waals surface area contributed by atoms with Crippen LogP contribution in [0.15, 0.2) is 66.7 Å². The molecule has 4 rings (SSSR count). The van der Waals surface area contributed by atoms with E-state index >= 15 is 0 Å². The Labute approximate surface area is 190 Å². The second-order valence-electron chi connectivity index (χ2n) is 7.74. The van der Waals surface area contributed by atoms with Crippen molar-refractivity contribution in [2.45, 2.75) is 6.54 Å². The summed E-state index contributed by atoms with van der Waals surface area (Å²) in [4.78, 5) is 25.9. The highest BCUT2D eigenvalue weighted by atomic mass is 35.5. The monoisotopic (exact) mass is 448 g/mol. The third-order valence-corrected chi connectivity index (χ3v) is 5.37. The number of nitrogens with zero attached hydrogens (tertiary/aromatic N) is 2. The maximum Gasteiger partial charge on any atom is 0.288 e. The Morgan fingerprint density at radius 3 is 2.41 bits per heavy atom. The van der Waals surface area contributed by atoms with E-state index in [4.69, 9.17) is 11.6 Å². The number of halogens is 1. The lowest BCUT2D eigenvalue weighted by Gasteiger charge is -2.16. The number of carbonyl (C=O) groups is 1. The number of nitro groups is 1. The van der Waals surface area contributed by atoms with Crippen molar-refractivity contribution in [1.29, 1.82) is 0 Å². The first-order valence-corrected chi connectivity index (χ1v) is 10.3. The van der Waals surface area contributed by atoms with E-state index in [9.17, 15) is 14.9 Å². The number of nitrogens with one attached hydrogen (secondary N) is 2. The molecule has 1 amide bonds. The molecule has 32 heavy (non-hydrogen) atoms. The molecule has 0 saturated heterocycles. The Kier molecular flexibility index (Phi) is 5.94.